The Balaban J connectivity index is 0.00000210. The summed E-state index contributed by atoms with van der Waals surface area (Å²) < 4.78 is 21.2. The Labute approximate surface area is 164 Å². The van der Waals surface area contributed by atoms with Crippen LogP contribution in [0, 0.1) is 5.82 Å². The minimum atomic E-state index is -0.263. The van der Waals surface area contributed by atoms with Gasteiger partial charge in [0.15, 0.2) is 5.82 Å². The van der Waals surface area contributed by atoms with Gasteiger partial charge in [-0.25, -0.2) is 4.39 Å². The number of para-hydroxylation sites is 1. The summed E-state index contributed by atoms with van der Waals surface area (Å²) in [5, 5.41) is 8.74. The molecular formula is C20H22ClFN4O. The summed E-state index contributed by atoms with van der Waals surface area (Å²) in [6.07, 6.45) is 0.140. The lowest BCUT2D eigenvalue weighted by molar-refractivity contribution is 0.233. The smallest absolute Gasteiger partial charge is 0.231 e. The fourth-order valence-electron chi connectivity index (χ4n) is 3.39. The van der Waals surface area contributed by atoms with Crippen LogP contribution in [0.4, 0.5) is 16.0 Å². The van der Waals surface area contributed by atoms with E-state index in [9.17, 15) is 4.39 Å². The molecule has 1 aliphatic heterocycles. The highest BCUT2D eigenvalue weighted by molar-refractivity contribution is 5.85. The SMILES string of the molecule is CC1Oc2c(-c3nnc(N(C)c4ccc(F)cc4)n3C)cccc2C1C.Cl. The molecule has 0 bridgehead atoms. The van der Waals surface area contributed by atoms with E-state index in [-0.39, 0.29) is 24.3 Å². The molecule has 0 spiro atoms. The summed E-state index contributed by atoms with van der Waals surface area (Å²) >= 11 is 0. The van der Waals surface area contributed by atoms with Gasteiger partial charge >= 0.3 is 0 Å². The molecule has 1 aromatic heterocycles. The molecule has 2 atom stereocenters. The number of anilines is 2. The second kappa shape index (κ2) is 7.19. The Kier molecular flexibility index (Phi) is 5.11. The molecular weight excluding hydrogens is 367 g/mol. The second-order valence-electron chi connectivity index (χ2n) is 6.75. The third-order valence-electron chi connectivity index (χ3n) is 5.15. The summed E-state index contributed by atoms with van der Waals surface area (Å²) in [6, 6.07) is 12.5. The lowest BCUT2D eigenvalue weighted by Crippen LogP contribution is -2.14. The lowest BCUT2D eigenvalue weighted by atomic mass is 9.97. The van der Waals surface area contributed by atoms with E-state index >= 15 is 0 Å². The van der Waals surface area contributed by atoms with Crippen LogP contribution < -0.4 is 9.64 Å². The molecule has 0 fully saturated rings. The van der Waals surface area contributed by atoms with Crippen LogP contribution in [-0.2, 0) is 7.05 Å². The number of aromatic nitrogens is 3. The van der Waals surface area contributed by atoms with E-state index in [4.69, 9.17) is 4.74 Å². The van der Waals surface area contributed by atoms with E-state index < -0.39 is 0 Å². The molecule has 27 heavy (non-hydrogen) atoms. The lowest BCUT2D eigenvalue weighted by Gasteiger charge is -2.18. The van der Waals surface area contributed by atoms with E-state index in [1.807, 2.05) is 35.7 Å². The van der Waals surface area contributed by atoms with Crippen molar-refractivity contribution in [2.24, 2.45) is 7.05 Å². The number of halogens is 2. The number of hydrogen-bond acceptors (Lipinski definition) is 4. The Morgan fingerprint density at radius 1 is 1.07 bits per heavy atom. The largest absolute Gasteiger partial charge is 0.489 e. The van der Waals surface area contributed by atoms with Gasteiger partial charge in [0.2, 0.25) is 5.95 Å². The van der Waals surface area contributed by atoms with Gasteiger partial charge in [-0.15, -0.1) is 22.6 Å². The quantitative estimate of drug-likeness (QED) is 0.652. The maximum absolute atomic E-state index is 13.2. The zero-order valence-corrected chi connectivity index (χ0v) is 16.5. The fraction of sp³-hybridized carbons (Fsp3) is 0.300. The van der Waals surface area contributed by atoms with E-state index in [1.165, 1.54) is 17.7 Å². The van der Waals surface area contributed by atoms with Crippen LogP contribution in [0.5, 0.6) is 5.75 Å². The van der Waals surface area contributed by atoms with E-state index in [1.54, 1.807) is 12.1 Å². The first kappa shape index (κ1) is 19.2. The molecule has 1 aliphatic rings. The standard InChI is InChI=1S/C20H21FN4O.ClH/c1-12-13(2)26-18-16(12)6-5-7-17(18)19-22-23-20(25(19)4)24(3)15-10-8-14(21)9-11-15;/h5-13H,1-4H3;1H. The number of nitrogens with zero attached hydrogens (tertiary/aromatic N) is 4. The van der Waals surface area contributed by atoms with Crippen molar-refractivity contribution in [3.8, 4) is 17.1 Å². The predicted molar refractivity (Wildman–Crippen MR) is 107 cm³/mol. The van der Waals surface area contributed by atoms with Crippen LogP contribution in [-0.4, -0.2) is 27.9 Å². The van der Waals surface area contributed by atoms with Crippen LogP contribution in [0.2, 0.25) is 0 Å². The van der Waals surface area contributed by atoms with Gasteiger partial charge in [-0.3, -0.25) is 4.57 Å². The second-order valence-corrected chi connectivity index (χ2v) is 6.75. The van der Waals surface area contributed by atoms with Gasteiger partial charge in [-0.05, 0) is 37.3 Å². The molecule has 142 valence electrons. The third kappa shape index (κ3) is 3.14. The van der Waals surface area contributed by atoms with Gasteiger partial charge in [0.05, 0.1) is 5.56 Å². The average Bonchev–Trinajstić information content (AvgIpc) is 3.15. The van der Waals surface area contributed by atoms with Gasteiger partial charge in [-0.2, -0.15) is 0 Å². The number of ether oxygens (including phenoxy) is 1. The third-order valence-corrected chi connectivity index (χ3v) is 5.15. The van der Waals surface area contributed by atoms with Crippen LogP contribution in [0.3, 0.4) is 0 Å². The van der Waals surface area contributed by atoms with Crippen molar-refractivity contribution >= 4 is 24.0 Å². The maximum Gasteiger partial charge on any atom is 0.231 e. The highest BCUT2D eigenvalue weighted by atomic mass is 35.5. The van der Waals surface area contributed by atoms with Crippen molar-refractivity contribution in [2.75, 3.05) is 11.9 Å². The van der Waals surface area contributed by atoms with Gasteiger partial charge in [0.1, 0.15) is 17.7 Å². The maximum atomic E-state index is 13.2. The Hall–Kier alpha value is -2.60. The van der Waals surface area contributed by atoms with E-state index in [0.717, 1.165) is 22.8 Å². The molecule has 2 aromatic carbocycles. The summed E-state index contributed by atoms with van der Waals surface area (Å²) in [5.74, 6) is 2.38. The number of rotatable bonds is 3. The summed E-state index contributed by atoms with van der Waals surface area (Å²) in [7, 11) is 3.81. The first-order valence-corrected chi connectivity index (χ1v) is 8.66. The van der Waals surface area contributed by atoms with Gasteiger partial charge in [0.25, 0.3) is 0 Å². The first-order chi connectivity index (χ1) is 12.5. The number of hydrogen-bond donors (Lipinski definition) is 0. The zero-order chi connectivity index (χ0) is 18.4. The molecule has 2 heterocycles. The molecule has 0 saturated heterocycles. The van der Waals surface area contributed by atoms with Crippen LogP contribution in [0.15, 0.2) is 42.5 Å². The molecule has 0 amide bonds. The van der Waals surface area contributed by atoms with Gasteiger partial charge < -0.3 is 9.64 Å². The molecule has 3 aromatic rings. The van der Waals surface area contributed by atoms with Crippen LogP contribution >= 0.6 is 12.4 Å². The molecule has 0 N–H and O–H groups in total. The molecule has 2 unspecified atom stereocenters. The minimum Gasteiger partial charge on any atom is -0.489 e. The molecule has 0 aliphatic carbocycles. The van der Waals surface area contributed by atoms with Crippen molar-refractivity contribution in [3.63, 3.8) is 0 Å². The minimum absolute atomic E-state index is 0. The summed E-state index contributed by atoms with van der Waals surface area (Å²) in [4.78, 5) is 1.88. The Bertz CT molecular complexity index is 957. The highest BCUT2D eigenvalue weighted by Gasteiger charge is 2.31. The molecule has 0 saturated carbocycles. The van der Waals surface area contributed by atoms with Crippen molar-refractivity contribution in [1.82, 2.24) is 14.8 Å². The van der Waals surface area contributed by atoms with Crippen molar-refractivity contribution in [3.05, 3.63) is 53.8 Å². The average molecular weight is 389 g/mol. The summed E-state index contributed by atoms with van der Waals surface area (Å²) in [5.41, 5.74) is 2.98. The normalized spacial score (nSPS) is 17.8. The van der Waals surface area contributed by atoms with Gasteiger partial charge in [0, 0.05) is 31.3 Å². The van der Waals surface area contributed by atoms with E-state index in [0.29, 0.717) is 11.9 Å². The Morgan fingerprint density at radius 2 is 1.78 bits per heavy atom. The zero-order valence-electron chi connectivity index (χ0n) is 15.7. The monoisotopic (exact) mass is 388 g/mol. The first-order valence-electron chi connectivity index (χ1n) is 8.66. The van der Waals surface area contributed by atoms with Crippen molar-refractivity contribution in [2.45, 2.75) is 25.9 Å². The van der Waals surface area contributed by atoms with E-state index in [2.05, 4.69) is 30.1 Å². The number of benzene rings is 2. The molecule has 7 heteroatoms. The molecule has 5 nitrogen and oxygen atoms in total. The van der Waals surface area contributed by atoms with Crippen LogP contribution in [0.1, 0.15) is 25.3 Å². The summed E-state index contributed by atoms with van der Waals surface area (Å²) in [6.45, 7) is 4.25. The predicted octanol–water partition coefficient (Wildman–Crippen LogP) is 4.70. The molecule has 0 radical (unpaired) electrons. The number of fused-ring (bicyclic) bond motifs is 1. The Morgan fingerprint density at radius 3 is 2.48 bits per heavy atom. The molecule has 4 rings (SSSR count). The van der Waals surface area contributed by atoms with Crippen molar-refractivity contribution < 1.29 is 9.13 Å². The van der Waals surface area contributed by atoms with Crippen LogP contribution in [0.25, 0.3) is 11.4 Å². The van der Waals surface area contributed by atoms with Crippen molar-refractivity contribution in [1.29, 1.82) is 0 Å². The highest BCUT2D eigenvalue weighted by Crippen LogP contribution is 2.44. The topological polar surface area (TPSA) is 43.2 Å². The van der Waals surface area contributed by atoms with Gasteiger partial charge in [-0.1, -0.05) is 19.1 Å². The fourth-order valence-corrected chi connectivity index (χ4v) is 3.39.